The smallest absolute Gasteiger partial charge is 0.243 e. The van der Waals surface area contributed by atoms with Crippen molar-refractivity contribution >= 4 is 54.7 Å². The molecule has 0 radical (unpaired) electrons. The first kappa shape index (κ1) is 10.4. The van der Waals surface area contributed by atoms with Crippen molar-refractivity contribution in [2.75, 3.05) is 17.1 Å². The second-order valence-electron chi connectivity index (χ2n) is 2.92. The lowest BCUT2D eigenvalue weighted by molar-refractivity contribution is 0.102. The predicted molar refractivity (Wildman–Crippen MR) is 63.6 cm³/mol. The van der Waals surface area contributed by atoms with Gasteiger partial charge in [-0.1, -0.05) is 0 Å². The fourth-order valence-corrected chi connectivity index (χ4v) is 4.45. The maximum Gasteiger partial charge on any atom is 0.243 e. The third-order valence-electron chi connectivity index (χ3n) is 2.00. The van der Waals surface area contributed by atoms with Crippen molar-refractivity contribution in [2.24, 2.45) is 0 Å². The molecule has 2 rings (SSSR count). The minimum absolute atomic E-state index is 0.308. The van der Waals surface area contributed by atoms with Gasteiger partial charge in [-0.2, -0.15) is 0 Å². The van der Waals surface area contributed by atoms with Gasteiger partial charge in [-0.25, -0.2) is 8.42 Å². The number of nitrogens with zero attached hydrogens (tertiary/aromatic N) is 1. The zero-order valence-electron chi connectivity index (χ0n) is 7.15. The first-order chi connectivity index (χ1) is 6.42. The molecule has 7 heteroatoms. The lowest BCUT2D eigenvalue weighted by atomic mass is 10.2. The van der Waals surface area contributed by atoms with E-state index in [0.29, 0.717) is 10.6 Å². The number of hydrogen-bond acceptors (Lipinski definition) is 4. The van der Waals surface area contributed by atoms with Gasteiger partial charge in [0.2, 0.25) is 10.0 Å². The van der Waals surface area contributed by atoms with Crippen LogP contribution in [0, 0.1) is 2.88 Å². The average Bonchev–Trinajstić information content (AvgIpc) is 2.43. The normalized spacial score (nSPS) is 19.6. The van der Waals surface area contributed by atoms with Crippen molar-refractivity contribution in [3.05, 3.63) is 14.5 Å². The number of rotatable bonds is 0. The third-order valence-corrected chi connectivity index (χ3v) is 5.73. The van der Waals surface area contributed by atoms with Crippen LogP contribution in [-0.4, -0.2) is 27.0 Å². The minimum atomic E-state index is -3.42. The summed E-state index contributed by atoms with van der Waals surface area (Å²) < 4.78 is 25.1. The Balaban J connectivity index is 2.68. The fraction of sp³-hybridized carbons (Fsp3) is 0.286. The highest BCUT2D eigenvalue weighted by atomic mass is 127. The molecule has 0 atom stereocenters. The van der Waals surface area contributed by atoms with Gasteiger partial charge in [0.05, 0.1) is 8.45 Å². The molecule has 4 nitrogen and oxygen atoms in total. The number of Topliss-reactive ketones (excluding diaryl/α,β-unsaturated/α-hetero) is 1. The summed E-state index contributed by atoms with van der Waals surface area (Å²) in [4.78, 5) is 11.5. The van der Waals surface area contributed by atoms with E-state index in [-0.39, 0.29) is 5.78 Å². The summed E-state index contributed by atoms with van der Waals surface area (Å²) in [6.45, 7) is 0. The number of fused-ring (bicyclic) bond motifs is 1. The van der Waals surface area contributed by atoms with Crippen LogP contribution >= 0.6 is 33.9 Å². The number of carbonyl (C=O) groups excluding carboxylic acids is 1. The molecule has 0 amide bonds. The zero-order valence-corrected chi connectivity index (χ0v) is 10.9. The van der Waals surface area contributed by atoms with Gasteiger partial charge in [0.25, 0.3) is 0 Å². The molecular weight excluding hydrogens is 337 g/mol. The Morgan fingerprint density at radius 3 is 2.86 bits per heavy atom. The van der Waals surface area contributed by atoms with E-state index in [1.807, 2.05) is 0 Å². The standard InChI is InChI=1S/C7H6INO3S2/c1-9-7-4(2-6(8)13-7)5(10)3-14(9,11)12/h2H,3H2,1H3. The Labute approximate surface area is 99.1 Å². The largest absolute Gasteiger partial charge is 0.293 e. The SMILES string of the molecule is CN1c2sc(I)cc2C(=O)CS1(=O)=O. The Morgan fingerprint density at radius 1 is 1.57 bits per heavy atom. The molecular formula is C7H6INO3S2. The molecule has 1 aliphatic rings. The fourth-order valence-electron chi connectivity index (χ4n) is 1.25. The molecule has 0 N–H and O–H groups in total. The van der Waals surface area contributed by atoms with Crippen LogP contribution in [0.4, 0.5) is 5.00 Å². The summed E-state index contributed by atoms with van der Waals surface area (Å²) in [7, 11) is -1.94. The van der Waals surface area contributed by atoms with E-state index < -0.39 is 15.8 Å². The molecule has 0 bridgehead atoms. The van der Waals surface area contributed by atoms with Crippen LogP contribution in [-0.2, 0) is 10.0 Å². The maximum atomic E-state index is 11.5. The van der Waals surface area contributed by atoms with E-state index in [1.54, 1.807) is 6.07 Å². The van der Waals surface area contributed by atoms with Crippen LogP contribution < -0.4 is 4.31 Å². The second kappa shape index (κ2) is 3.17. The van der Waals surface area contributed by atoms with E-state index in [1.165, 1.54) is 22.7 Å². The number of hydrogen-bond donors (Lipinski definition) is 0. The summed E-state index contributed by atoms with van der Waals surface area (Å²) in [6, 6.07) is 1.73. The van der Waals surface area contributed by atoms with Crippen molar-refractivity contribution in [1.82, 2.24) is 0 Å². The number of thiophene rings is 1. The van der Waals surface area contributed by atoms with E-state index >= 15 is 0 Å². The molecule has 0 fully saturated rings. The molecule has 76 valence electrons. The molecule has 1 aromatic rings. The lowest BCUT2D eigenvalue weighted by Gasteiger charge is -2.22. The van der Waals surface area contributed by atoms with Gasteiger partial charge in [0.15, 0.2) is 5.78 Å². The third kappa shape index (κ3) is 1.47. The summed E-state index contributed by atoms with van der Waals surface area (Å²) >= 11 is 3.39. The van der Waals surface area contributed by atoms with Crippen LogP contribution in [0.15, 0.2) is 6.07 Å². The number of sulfonamides is 1. The number of halogens is 1. The molecule has 1 aromatic heterocycles. The van der Waals surface area contributed by atoms with Gasteiger partial charge < -0.3 is 0 Å². The molecule has 0 aromatic carbocycles. The highest BCUT2D eigenvalue weighted by Gasteiger charge is 2.34. The Morgan fingerprint density at radius 2 is 2.21 bits per heavy atom. The monoisotopic (exact) mass is 343 g/mol. The molecule has 0 saturated heterocycles. The van der Waals surface area contributed by atoms with Gasteiger partial charge in [-0.15, -0.1) is 11.3 Å². The summed E-state index contributed by atoms with van der Waals surface area (Å²) in [5.74, 6) is -0.721. The number of ketones is 1. The first-order valence-corrected chi connectivity index (χ1v) is 7.21. The molecule has 0 spiro atoms. The molecule has 1 aliphatic heterocycles. The first-order valence-electron chi connectivity index (χ1n) is 3.71. The molecule has 2 heterocycles. The predicted octanol–water partition coefficient (Wildman–Crippen LogP) is 1.31. The highest BCUT2D eigenvalue weighted by molar-refractivity contribution is 14.1. The van der Waals surface area contributed by atoms with Crippen LogP contribution in [0.25, 0.3) is 0 Å². The van der Waals surface area contributed by atoms with Gasteiger partial charge in [0, 0.05) is 7.05 Å². The highest BCUT2D eigenvalue weighted by Crippen LogP contribution is 2.36. The van der Waals surface area contributed by atoms with E-state index in [0.717, 1.165) is 2.88 Å². The average molecular weight is 343 g/mol. The molecule has 14 heavy (non-hydrogen) atoms. The van der Waals surface area contributed by atoms with Crippen molar-refractivity contribution < 1.29 is 13.2 Å². The molecule has 0 aliphatic carbocycles. The van der Waals surface area contributed by atoms with Crippen molar-refractivity contribution in [3.8, 4) is 0 Å². The second-order valence-corrected chi connectivity index (χ2v) is 7.84. The van der Waals surface area contributed by atoms with E-state index in [2.05, 4.69) is 22.6 Å². The van der Waals surface area contributed by atoms with Crippen LogP contribution in [0.3, 0.4) is 0 Å². The summed E-state index contributed by atoms with van der Waals surface area (Å²) in [5, 5.41) is 0.533. The van der Waals surface area contributed by atoms with E-state index in [9.17, 15) is 13.2 Å². The summed E-state index contributed by atoms with van der Waals surface area (Å²) in [5.41, 5.74) is 0.525. The minimum Gasteiger partial charge on any atom is -0.293 e. The number of anilines is 1. The quantitative estimate of drug-likeness (QED) is 0.668. The van der Waals surface area contributed by atoms with E-state index in [4.69, 9.17) is 0 Å². The molecule has 0 saturated carbocycles. The van der Waals surface area contributed by atoms with Crippen molar-refractivity contribution in [1.29, 1.82) is 0 Å². The Bertz CT molecular complexity index is 505. The molecule has 0 unspecified atom stereocenters. The maximum absolute atomic E-state index is 11.5. The topological polar surface area (TPSA) is 54.5 Å². The zero-order chi connectivity index (χ0) is 10.5. The Kier molecular flexibility index (Phi) is 2.35. The van der Waals surface area contributed by atoms with Crippen LogP contribution in [0.5, 0.6) is 0 Å². The van der Waals surface area contributed by atoms with Crippen LogP contribution in [0.1, 0.15) is 10.4 Å². The van der Waals surface area contributed by atoms with Gasteiger partial charge >= 0.3 is 0 Å². The van der Waals surface area contributed by atoms with Crippen molar-refractivity contribution in [3.63, 3.8) is 0 Å². The van der Waals surface area contributed by atoms with Gasteiger partial charge in [0.1, 0.15) is 10.8 Å². The summed E-state index contributed by atoms with van der Waals surface area (Å²) in [6.07, 6.45) is 0. The Hall–Kier alpha value is -0.150. The van der Waals surface area contributed by atoms with Crippen LogP contribution in [0.2, 0.25) is 0 Å². The van der Waals surface area contributed by atoms with Gasteiger partial charge in [-0.3, -0.25) is 9.10 Å². The lowest BCUT2D eigenvalue weighted by Crippen LogP contribution is -2.36. The number of carbonyl (C=O) groups is 1. The van der Waals surface area contributed by atoms with Crippen molar-refractivity contribution in [2.45, 2.75) is 0 Å². The van der Waals surface area contributed by atoms with Gasteiger partial charge in [-0.05, 0) is 28.7 Å².